The van der Waals surface area contributed by atoms with Gasteiger partial charge in [0.05, 0.1) is 12.1 Å². The van der Waals surface area contributed by atoms with Crippen LogP contribution in [0.5, 0.6) is 0 Å². The highest BCUT2D eigenvalue weighted by Crippen LogP contribution is 2.15. The third-order valence-corrected chi connectivity index (χ3v) is 4.75. The van der Waals surface area contributed by atoms with Crippen LogP contribution < -0.4 is 5.32 Å². The van der Waals surface area contributed by atoms with E-state index in [1.54, 1.807) is 25.4 Å². The molecule has 24 heavy (non-hydrogen) atoms. The highest BCUT2D eigenvalue weighted by atomic mass is 16.2. The van der Waals surface area contributed by atoms with Gasteiger partial charge in [-0.25, -0.2) is 4.98 Å². The van der Waals surface area contributed by atoms with Crippen LogP contribution in [-0.2, 0) is 4.79 Å². The first-order valence-electron chi connectivity index (χ1n) is 8.61. The van der Waals surface area contributed by atoms with E-state index < -0.39 is 0 Å². The first kappa shape index (κ1) is 16.7. The lowest BCUT2D eigenvalue weighted by Crippen LogP contribution is -2.51. The number of rotatable bonds is 4. The van der Waals surface area contributed by atoms with E-state index in [0.717, 1.165) is 39.0 Å². The fraction of sp³-hybridized carbons (Fsp3) is 0.588. The summed E-state index contributed by atoms with van der Waals surface area (Å²) in [7, 11) is 1.76. The van der Waals surface area contributed by atoms with Crippen LogP contribution in [0.25, 0.3) is 0 Å². The lowest BCUT2D eigenvalue weighted by molar-refractivity contribution is -0.131. The maximum absolute atomic E-state index is 12.7. The van der Waals surface area contributed by atoms with Crippen LogP contribution in [-0.4, -0.2) is 84.4 Å². The van der Waals surface area contributed by atoms with Gasteiger partial charge in [-0.05, 0) is 25.0 Å². The second-order valence-corrected chi connectivity index (χ2v) is 6.31. The molecule has 2 fully saturated rings. The Morgan fingerprint density at radius 2 is 1.79 bits per heavy atom. The van der Waals surface area contributed by atoms with Crippen molar-refractivity contribution in [3.8, 4) is 0 Å². The number of hydrogen-bond acceptors (Lipinski definition) is 5. The smallest absolute Gasteiger partial charge is 0.257 e. The fourth-order valence-corrected chi connectivity index (χ4v) is 3.31. The molecule has 0 unspecified atom stereocenters. The van der Waals surface area contributed by atoms with Gasteiger partial charge in [0.15, 0.2) is 0 Å². The molecule has 7 heteroatoms. The number of carbonyl (C=O) groups is 2. The first-order chi connectivity index (χ1) is 11.7. The Hall–Kier alpha value is -2.15. The average molecular weight is 331 g/mol. The maximum atomic E-state index is 12.7. The van der Waals surface area contributed by atoms with Crippen LogP contribution in [0, 0.1) is 0 Å². The Bertz CT molecular complexity index is 592. The minimum absolute atomic E-state index is 0.00188. The highest BCUT2D eigenvalue weighted by Gasteiger charge is 2.26. The SMILES string of the molecule is CNc1ncccc1C(=O)N1CCN(CC(=O)N2CCCC2)CC1. The molecule has 0 saturated carbocycles. The van der Waals surface area contributed by atoms with Crippen LogP contribution in [0.1, 0.15) is 23.2 Å². The molecule has 2 amide bonds. The summed E-state index contributed by atoms with van der Waals surface area (Å²) in [6.07, 6.45) is 3.91. The molecule has 0 bridgehead atoms. The first-order valence-corrected chi connectivity index (χ1v) is 8.61. The second-order valence-electron chi connectivity index (χ2n) is 6.31. The molecular formula is C17H25N5O2. The molecule has 130 valence electrons. The zero-order valence-electron chi connectivity index (χ0n) is 14.2. The molecule has 2 aliphatic heterocycles. The van der Waals surface area contributed by atoms with Crippen molar-refractivity contribution in [3.05, 3.63) is 23.9 Å². The molecular weight excluding hydrogens is 306 g/mol. The quantitative estimate of drug-likeness (QED) is 0.870. The molecule has 1 N–H and O–H groups in total. The van der Waals surface area contributed by atoms with E-state index in [4.69, 9.17) is 0 Å². The Kier molecular flexibility index (Phi) is 5.30. The largest absolute Gasteiger partial charge is 0.372 e. The normalized spacial score (nSPS) is 18.7. The molecule has 1 aromatic heterocycles. The third-order valence-electron chi connectivity index (χ3n) is 4.75. The number of hydrogen-bond donors (Lipinski definition) is 1. The van der Waals surface area contributed by atoms with Gasteiger partial charge in [0.1, 0.15) is 5.82 Å². The number of likely N-dealkylation sites (tertiary alicyclic amines) is 1. The molecule has 0 atom stereocenters. The minimum atomic E-state index is -0.00188. The highest BCUT2D eigenvalue weighted by molar-refractivity contribution is 5.98. The van der Waals surface area contributed by atoms with Crippen molar-refractivity contribution in [1.29, 1.82) is 0 Å². The molecule has 2 aliphatic rings. The van der Waals surface area contributed by atoms with Gasteiger partial charge in [0, 0.05) is 52.5 Å². The topological polar surface area (TPSA) is 68.8 Å². The van der Waals surface area contributed by atoms with Crippen molar-refractivity contribution in [3.63, 3.8) is 0 Å². The lowest BCUT2D eigenvalue weighted by atomic mass is 10.2. The van der Waals surface area contributed by atoms with E-state index in [1.807, 2.05) is 9.80 Å². The van der Waals surface area contributed by atoms with Crippen molar-refractivity contribution < 1.29 is 9.59 Å². The zero-order valence-corrected chi connectivity index (χ0v) is 14.2. The van der Waals surface area contributed by atoms with E-state index >= 15 is 0 Å². The number of piperazine rings is 1. The van der Waals surface area contributed by atoms with Crippen molar-refractivity contribution in [2.24, 2.45) is 0 Å². The molecule has 3 rings (SSSR count). The van der Waals surface area contributed by atoms with Crippen molar-refractivity contribution in [1.82, 2.24) is 19.7 Å². The number of carbonyl (C=O) groups excluding carboxylic acids is 2. The minimum Gasteiger partial charge on any atom is -0.372 e. The van der Waals surface area contributed by atoms with Crippen LogP contribution >= 0.6 is 0 Å². The molecule has 0 radical (unpaired) electrons. The third kappa shape index (κ3) is 3.67. The summed E-state index contributed by atoms with van der Waals surface area (Å²) in [5, 5.41) is 2.96. The van der Waals surface area contributed by atoms with Gasteiger partial charge in [-0.15, -0.1) is 0 Å². The van der Waals surface area contributed by atoms with Gasteiger partial charge in [-0.2, -0.15) is 0 Å². The summed E-state index contributed by atoms with van der Waals surface area (Å²) in [4.78, 5) is 35.0. The predicted molar refractivity (Wildman–Crippen MR) is 91.9 cm³/mol. The van der Waals surface area contributed by atoms with Crippen molar-refractivity contribution >= 4 is 17.6 Å². The van der Waals surface area contributed by atoms with Gasteiger partial charge in [0.25, 0.3) is 5.91 Å². The zero-order chi connectivity index (χ0) is 16.9. The summed E-state index contributed by atoms with van der Waals surface area (Å²) in [5.41, 5.74) is 0.599. The van der Waals surface area contributed by atoms with Crippen LogP contribution in [0.4, 0.5) is 5.82 Å². The standard InChI is InChI=1S/C17H25N5O2/c1-18-16-14(5-4-6-19-16)17(24)22-11-9-20(10-12-22)13-15(23)21-7-2-3-8-21/h4-6H,2-3,7-13H2,1H3,(H,18,19). The number of aromatic nitrogens is 1. The van der Waals surface area contributed by atoms with E-state index in [1.165, 1.54) is 0 Å². The number of nitrogens with one attached hydrogen (secondary N) is 1. The van der Waals surface area contributed by atoms with Crippen molar-refractivity contribution in [2.45, 2.75) is 12.8 Å². The summed E-state index contributed by atoms with van der Waals surface area (Å²) < 4.78 is 0. The maximum Gasteiger partial charge on any atom is 0.257 e. The molecule has 7 nitrogen and oxygen atoms in total. The number of amides is 2. The Morgan fingerprint density at radius 1 is 1.08 bits per heavy atom. The number of pyridine rings is 1. The van der Waals surface area contributed by atoms with Gasteiger partial charge in [-0.3, -0.25) is 14.5 Å². The fourth-order valence-electron chi connectivity index (χ4n) is 3.31. The lowest BCUT2D eigenvalue weighted by Gasteiger charge is -2.35. The summed E-state index contributed by atoms with van der Waals surface area (Å²) >= 11 is 0. The van der Waals surface area contributed by atoms with E-state index in [-0.39, 0.29) is 11.8 Å². The van der Waals surface area contributed by atoms with Crippen LogP contribution in [0.2, 0.25) is 0 Å². The molecule has 2 saturated heterocycles. The van der Waals surface area contributed by atoms with Gasteiger partial charge >= 0.3 is 0 Å². The number of nitrogens with zero attached hydrogens (tertiary/aromatic N) is 4. The van der Waals surface area contributed by atoms with Gasteiger partial charge in [-0.1, -0.05) is 0 Å². The Labute approximate surface area is 142 Å². The molecule has 0 aromatic carbocycles. The summed E-state index contributed by atoms with van der Waals surface area (Å²) in [5.74, 6) is 0.823. The van der Waals surface area contributed by atoms with E-state index in [0.29, 0.717) is 31.0 Å². The predicted octanol–water partition coefficient (Wildman–Crippen LogP) is 0.504. The van der Waals surface area contributed by atoms with Crippen LogP contribution in [0.15, 0.2) is 18.3 Å². The van der Waals surface area contributed by atoms with E-state index in [9.17, 15) is 9.59 Å². The number of anilines is 1. The molecule has 0 aliphatic carbocycles. The van der Waals surface area contributed by atoms with Gasteiger partial charge in [0.2, 0.25) is 5.91 Å². The summed E-state index contributed by atoms with van der Waals surface area (Å²) in [6, 6.07) is 3.57. The van der Waals surface area contributed by atoms with E-state index in [2.05, 4.69) is 15.2 Å². The average Bonchev–Trinajstić information content (AvgIpc) is 3.16. The van der Waals surface area contributed by atoms with Gasteiger partial charge < -0.3 is 15.1 Å². The molecule has 3 heterocycles. The van der Waals surface area contributed by atoms with Crippen LogP contribution in [0.3, 0.4) is 0 Å². The molecule has 0 spiro atoms. The Balaban J connectivity index is 1.53. The second kappa shape index (κ2) is 7.61. The monoisotopic (exact) mass is 331 g/mol. The Morgan fingerprint density at radius 3 is 2.46 bits per heavy atom. The molecule has 1 aromatic rings. The summed E-state index contributed by atoms with van der Waals surface area (Å²) in [6.45, 7) is 5.02. The van der Waals surface area contributed by atoms with Crippen molar-refractivity contribution in [2.75, 3.05) is 58.2 Å².